The lowest BCUT2D eigenvalue weighted by atomic mass is 9.84. The lowest BCUT2D eigenvalue weighted by molar-refractivity contribution is -0.137. The van der Waals surface area contributed by atoms with Gasteiger partial charge in [0.2, 0.25) is 0 Å². The van der Waals surface area contributed by atoms with Gasteiger partial charge in [0, 0.05) is 18.8 Å². The molecule has 1 aliphatic heterocycles. The lowest BCUT2D eigenvalue weighted by Gasteiger charge is -2.39. The number of anilines is 1. The quantitative estimate of drug-likeness (QED) is 0.771. The number of benzene rings is 1. The molecule has 0 aromatic heterocycles. The molecule has 108 valence electrons. The second-order valence-electron chi connectivity index (χ2n) is 6.03. The summed E-state index contributed by atoms with van der Waals surface area (Å²) >= 11 is 0. The first-order valence-electron chi connectivity index (χ1n) is 6.59. The molecule has 0 N–H and O–H groups in total. The standard InChI is InChI=1S/C15H17F3N2/c1-14(2)6-3-7-20(10-14)12-4-5-13(15(16,17)18)11(8-12)9-19/h4-5,8H,3,6-7,10H2,1-2H3. The van der Waals surface area contributed by atoms with Crippen LogP contribution in [0.2, 0.25) is 0 Å². The second-order valence-corrected chi connectivity index (χ2v) is 6.03. The third-order valence-electron chi connectivity index (χ3n) is 3.69. The summed E-state index contributed by atoms with van der Waals surface area (Å²) in [7, 11) is 0. The molecule has 0 amide bonds. The van der Waals surface area contributed by atoms with E-state index in [1.165, 1.54) is 12.1 Å². The summed E-state index contributed by atoms with van der Waals surface area (Å²) in [5, 5.41) is 8.94. The molecule has 0 bridgehead atoms. The van der Waals surface area contributed by atoms with Crippen molar-refractivity contribution in [2.24, 2.45) is 5.41 Å². The number of nitriles is 1. The van der Waals surface area contributed by atoms with E-state index in [4.69, 9.17) is 5.26 Å². The zero-order chi connectivity index (χ0) is 15.0. The Labute approximate surface area is 116 Å². The minimum Gasteiger partial charge on any atom is -0.371 e. The van der Waals surface area contributed by atoms with Gasteiger partial charge in [0.1, 0.15) is 0 Å². The smallest absolute Gasteiger partial charge is 0.371 e. The number of nitrogens with zero attached hydrogens (tertiary/aromatic N) is 2. The van der Waals surface area contributed by atoms with Crippen molar-refractivity contribution in [1.29, 1.82) is 5.26 Å². The topological polar surface area (TPSA) is 27.0 Å². The third kappa shape index (κ3) is 3.06. The van der Waals surface area contributed by atoms with Crippen molar-refractivity contribution >= 4 is 5.69 Å². The highest BCUT2D eigenvalue weighted by Gasteiger charge is 2.34. The van der Waals surface area contributed by atoms with Crippen LogP contribution in [0.3, 0.4) is 0 Å². The molecular weight excluding hydrogens is 265 g/mol. The SMILES string of the molecule is CC1(C)CCCN(c2ccc(C(F)(F)F)c(C#N)c2)C1. The Morgan fingerprint density at radius 2 is 2.00 bits per heavy atom. The van der Waals surface area contributed by atoms with Crippen molar-refractivity contribution in [2.45, 2.75) is 32.9 Å². The Morgan fingerprint density at radius 3 is 2.55 bits per heavy atom. The van der Waals surface area contributed by atoms with E-state index in [0.29, 0.717) is 5.69 Å². The zero-order valence-corrected chi connectivity index (χ0v) is 11.6. The maximum absolute atomic E-state index is 12.8. The molecule has 2 rings (SSSR count). The monoisotopic (exact) mass is 282 g/mol. The number of hydrogen-bond donors (Lipinski definition) is 0. The molecular formula is C15H17F3N2. The van der Waals surface area contributed by atoms with Crippen molar-refractivity contribution in [2.75, 3.05) is 18.0 Å². The normalized spacial score (nSPS) is 18.7. The molecule has 1 heterocycles. The minimum atomic E-state index is -4.48. The van der Waals surface area contributed by atoms with Gasteiger partial charge in [-0.15, -0.1) is 0 Å². The van der Waals surface area contributed by atoms with Gasteiger partial charge in [-0.3, -0.25) is 0 Å². The first-order valence-corrected chi connectivity index (χ1v) is 6.59. The van der Waals surface area contributed by atoms with Crippen LogP contribution in [0.5, 0.6) is 0 Å². The van der Waals surface area contributed by atoms with Crippen LogP contribution in [-0.2, 0) is 6.18 Å². The van der Waals surface area contributed by atoms with Gasteiger partial charge >= 0.3 is 6.18 Å². The van der Waals surface area contributed by atoms with Gasteiger partial charge in [-0.05, 0) is 36.5 Å². The van der Waals surface area contributed by atoms with Gasteiger partial charge in [-0.25, -0.2) is 0 Å². The van der Waals surface area contributed by atoms with Crippen LogP contribution >= 0.6 is 0 Å². The summed E-state index contributed by atoms with van der Waals surface area (Å²) in [5.41, 5.74) is -0.325. The van der Waals surface area contributed by atoms with E-state index in [2.05, 4.69) is 18.7 Å². The predicted molar refractivity (Wildman–Crippen MR) is 71.4 cm³/mol. The molecule has 1 aliphatic rings. The van der Waals surface area contributed by atoms with Gasteiger partial charge in [0.05, 0.1) is 17.2 Å². The first-order chi connectivity index (χ1) is 9.23. The molecule has 1 aromatic rings. The highest BCUT2D eigenvalue weighted by atomic mass is 19.4. The average molecular weight is 282 g/mol. The molecule has 5 heteroatoms. The predicted octanol–water partition coefficient (Wildman–Crippen LogP) is 4.20. The van der Waals surface area contributed by atoms with Crippen LogP contribution in [0.25, 0.3) is 0 Å². The molecule has 1 aromatic carbocycles. The molecule has 1 fully saturated rings. The molecule has 2 nitrogen and oxygen atoms in total. The van der Waals surface area contributed by atoms with E-state index in [1.807, 2.05) is 0 Å². The maximum Gasteiger partial charge on any atom is 0.417 e. The molecule has 0 radical (unpaired) electrons. The Kier molecular flexibility index (Phi) is 3.68. The third-order valence-corrected chi connectivity index (χ3v) is 3.69. The highest BCUT2D eigenvalue weighted by Crippen LogP contribution is 2.36. The summed E-state index contributed by atoms with van der Waals surface area (Å²) in [5.74, 6) is 0. The van der Waals surface area contributed by atoms with E-state index in [-0.39, 0.29) is 11.0 Å². The van der Waals surface area contributed by atoms with Gasteiger partial charge in [0.25, 0.3) is 0 Å². The summed E-state index contributed by atoms with van der Waals surface area (Å²) in [6.07, 6.45) is -2.37. The zero-order valence-electron chi connectivity index (χ0n) is 11.6. The number of alkyl halides is 3. The summed E-state index contributed by atoms with van der Waals surface area (Å²) < 4.78 is 38.3. The van der Waals surface area contributed by atoms with Crippen LogP contribution in [0.1, 0.15) is 37.8 Å². The van der Waals surface area contributed by atoms with Gasteiger partial charge in [-0.1, -0.05) is 13.8 Å². The fraction of sp³-hybridized carbons (Fsp3) is 0.533. The van der Waals surface area contributed by atoms with Crippen molar-refractivity contribution < 1.29 is 13.2 Å². The molecule has 0 saturated carbocycles. The first kappa shape index (κ1) is 14.7. The Balaban J connectivity index is 2.33. The van der Waals surface area contributed by atoms with E-state index in [0.717, 1.165) is 32.0 Å². The van der Waals surface area contributed by atoms with Crippen LogP contribution in [-0.4, -0.2) is 13.1 Å². The Bertz CT molecular complexity index is 541. The fourth-order valence-corrected chi connectivity index (χ4v) is 2.71. The molecule has 1 saturated heterocycles. The molecule has 0 spiro atoms. The largest absolute Gasteiger partial charge is 0.417 e. The molecule has 0 aliphatic carbocycles. The van der Waals surface area contributed by atoms with E-state index >= 15 is 0 Å². The summed E-state index contributed by atoms with van der Waals surface area (Å²) in [6, 6.07) is 5.48. The van der Waals surface area contributed by atoms with Crippen molar-refractivity contribution in [1.82, 2.24) is 0 Å². The fourth-order valence-electron chi connectivity index (χ4n) is 2.71. The van der Waals surface area contributed by atoms with Crippen LogP contribution in [0.15, 0.2) is 18.2 Å². The summed E-state index contributed by atoms with van der Waals surface area (Å²) in [4.78, 5) is 2.06. The molecule has 0 atom stereocenters. The number of halogens is 3. The van der Waals surface area contributed by atoms with Crippen LogP contribution in [0, 0.1) is 16.7 Å². The van der Waals surface area contributed by atoms with Gasteiger partial charge < -0.3 is 4.90 Å². The van der Waals surface area contributed by atoms with Crippen molar-refractivity contribution in [3.8, 4) is 6.07 Å². The highest BCUT2D eigenvalue weighted by molar-refractivity contribution is 5.55. The maximum atomic E-state index is 12.8. The van der Waals surface area contributed by atoms with Crippen LogP contribution < -0.4 is 4.90 Å². The molecule has 0 unspecified atom stereocenters. The second kappa shape index (κ2) is 5.01. The Hall–Kier alpha value is -1.70. The Morgan fingerprint density at radius 1 is 1.30 bits per heavy atom. The lowest BCUT2D eigenvalue weighted by Crippen LogP contribution is -2.40. The van der Waals surface area contributed by atoms with Crippen molar-refractivity contribution in [3.63, 3.8) is 0 Å². The molecule has 20 heavy (non-hydrogen) atoms. The number of piperidine rings is 1. The number of hydrogen-bond acceptors (Lipinski definition) is 2. The summed E-state index contributed by atoms with van der Waals surface area (Å²) in [6.45, 7) is 5.91. The van der Waals surface area contributed by atoms with Gasteiger partial charge in [0.15, 0.2) is 0 Å². The van der Waals surface area contributed by atoms with Crippen LogP contribution in [0.4, 0.5) is 18.9 Å². The number of rotatable bonds is 1. The van der Waals surface area contributed by atoms with E-state index in [9.17, 15) is 13.2 Å². The minimum absolute atomic E-state index is 0.147. The van der Waals surface area contributed by atoms with E-state index < -0.39 is 11.7 Å². The van der Waals surface area contributed by atoms with Gasteiger partial charge in [-0.2, -0.15) is 18.4 Å². The van der Waals surface area contributed by atoms with Crippen molar-refractivity contribution in [3.05, 3.63) is 29.3 Å². The van der Waals surface area contributed by atoms with E-state index in [1.54, 1.807) is 6.07 Å². The average Bonchev–Trinajstić information content (AvgIpc) is 2.35.